The minimum atomic E-state index is -0.0590. The van der Waals surface area contributed by atoms with Crippen molar-refractivity contribution in [2.45, 2.75) is 31.5 Å². The zero-order valence-corrected chi connectivity index (χ0v) is 6.66. The van der Waals surface area contributed by atoms with Gasteiger partial charge in [-0.1, -0.05) is 0 Å². The molecule has 4 atom stereocenters. The van der Waals surface area contributed by atoms with Gasteiger partial charge in [0.1, 0.15) is 11.6 Å². The van der Waals surface area contributed by atoms with Crippen LogP contribution in [0.1, 0.15) is 19.3 Å². The summed E-state index contributed by atoms with van der Waals surface area (Å²) in [6.45, 7) is 0. The molecule has 3 rings (SSSR count). The van der Waals surface area contributed by atoms with Crippen molar-refractivity contribution >= 4 is 11.6 Å². The Bertz CT molecular complexity index is 245. The average molecular weight is 166 g/mol. The lowest BCUT2D eigenvalue weighted by molar-refractivity contribution is -0.125. The Hall–Kier alpha value is -0.700. The summed E-state index contributed by atoms with van der Waals surface area (Å²) in [7, 11) is 0. The first-order chi connectivity index (χ1) is 5.77. The summed E-state index contributed by atoms with van der Waals surface area (Å²) < 4.78 is 5.54. The molecule has 2 saturated heterocycles. The molecule has 3 fully saturated rings. The molecule has 2 bridgehead atoms. The van der Waals surface area contributed by atoms with Crippen LogP contribution >= 0.6 is 0 Å². The number of Topliss-reactive ketones (excluding diaryl/α,β-unsaturated/α-hetero) is 2. The van der Waals surface area contributed by atoms with E-state index in [-0.39, 0.29) is 42.0 Å². The minimum Gasteiger partial charge on any atom is -0.373 e. The van der Waals surface area contributed by atoms with Crippen molar-refractivity contribution in [3.63, 3.8) is 0 Å². The van der Waals surface area contributed by atoms with E-state index in [9.17, 15) is 9.59 Å². The third kappa shape index (κ3) is 0.614. The number of rotatable bonds is 0. The molecule has 0 aromatic carbocycles. The van der Waals surface area contributed by atoms with Gasteiger partial charge in [-0.15, -0.1) is 0 Å². The topological polar surface area (TPSA) is 43.4 Å². The molecule has 1 saturated carbocycles. The summed E-state index contributed by atoms with van der Waals surface area (Å²) in [5, 5.41) is 0. The monoisotopic (exact) mass is 166 g/mol. The van der Waals surface area contributed by atoms with Gasteiger partial charge in [-0.3, -0.25) is 9.59 Å². The molecule has 0 aromatic heterocycles. The Morgan fingerprint density at radius 3 is 2.00 bits per heavy atom. The van der Waals surface area contributed by atoms with Crippen LogP contribution in [0.5, 0.6) is 0 Å². The molecule has 3 aliphatic rings. The summed E-state index contributed by atoms with van der Waals surface area (Å²) in [5.74, 6) is 0.127. The third-order valence-electron chi connectivity index (χ3n) is 3.37. The minimum absolute atomic E-state index is 0.0590. The largest absolute Gasteiger partial charge is 0.373 e. The lowest BCUT2D eigenvalue weighted by Crippen LogP contribution is -2.29. The Labute approximate surface area is 70.1 Å². The van der Waals surface area contributed by atoms with Crippen molar-refractivity contribution in [2.75, 3.05) is 0 Å². The molecule has 0 radical (unpaired) electrons. The zero-order valence-electron chi connectivity index (χ0n) is 6.66. The van der Waals surface area contributed by atoms with Gasteiger partial charge in [0.2, 0.25) is 0 Å². The first kappa shape index (κ1) is 6.78. The van der Waals surface area contributed by atoms with Gasteiger partial charge in [0, 0.05) is 0 Å². The summed E-state index contributed by atoms with van der Waals surface area (Å²) in [6, 6.07) is 0. The molecule has 64 valence electrons. The second-order valence-electron chi connectivity index (χ2n) is 3.95. The van der Waals surface area contributed by atoms with Crippen molar-refractivity contribution < 1.29 is 14.3 Å². The fourth-order valence-electron chi connectivity index (χ4n) is 2.90. The van der Waals surface area contributed by atoms with Gasteiger partial charge < -0.3 is 4.74 Å². The van der Waals surface area contributed by atoms with Crippen molar-refractivity contribution in [3.8, 4) is 0 Å². The highest BCUT2D eigenvalue weighted by Gasteiger charge is 2.58. The quantitative estimate of drug-likeness (QED) is 0.487. The van der Waals surface area contributed by atoms with Crippen molar-refractivity contribution in [1.29, 1.82) is 0 Å². The number of hydrogen-bond donors (Lipinski definition) is 0. The van der Waals surface area contributed by atoms with Gasteiger partial charge in [0.15, 0.2) is 0 Å². The predicted molar refractivity (Wildman–Crippen MR) is 39.5 cm³/mol. The van der Waals surface area contributed by atoms with Crippen LogP contribution < -0.4 is 0 Å². The fourth-order valence-corrected chi connectivity index (χ4v) is 2.90. The van der Waals surface area contributed by atoms with E-state index in [2.05, 4.69) is 0 Å². The predicted octanol–water partition coefficient (Wildman–Crippen LogP) is 0.322. The van der Waals surface area contributed by atoms with Gasteiger partial charge in [-0.05, 0) is 12.8 Å². The molecule has 3 nitrogen and oxygen atoms in total. The van der Waals surface area contributed by atoms with Crippen LogP contribution in [0.4, 0.5) is 0 Å². The number of fused-ring (bicyclic) bond motifs is 5. The summed E-state index contributed by atoms with van der Waals surface area (Å²) in [6.07, 6.45) is 2.29. The van der Waals surface area contributed by atoms with Gasteiger partial charge in [-0.2, -0.15) is 0 Å². The maximum Gasteiger partial charge on any atom is 0.146 e. The first-order valence-corrected chi connectivity index (χ1v) is 4.48. The second-order valence-corrected chi connectivity index (χ2v) is 3.95. The molecule has 2 heterocycles. The highest BCUT2D eigenvalue weighted by molar-refractivity contribution is 6.09. The normalized spacial score (nSPS) is 50.3. The summed E-state index contributed by atoms with van der Waals surface area (Å²) in [5.41, 5.74) is 0. The first-order valence-electron chi connectivity index (χ1n) is 4.48. The Balaban J connectivity index is 2.03. The second kappa shape index (κ2) is 1.96. The van der Waals surface area contributed by atoms with Crippen molar-refractivity contribution in [2.24, 2.45) is 11.8 Å². The SMILES string of the molecule is O=C1CC(=O)[C@H]2C3CCC(O3)[C@@H]12. The highest BCUT2D eigenvalue weighted by atomic mass is 16.5. The molecule has 2 unspecified atom stereocenters. The number of ketones is 2. The Morgan fingerprint density at radius 1 is 1.00 bits per heavy atom. The fraction of sp³-hybridized carbons (Fsp3) is 0.778. The molecular formula is C9H10O3. The van der Waals surface area contributed by atoms with Crippen molar-refractivity contribution in [1.82, 2.24) is 0 Å². The molecular weight excluding hydrogens is 156 g/mol. The van der Waals surface area contributed by atoms with Crippen LogP contribution in [-0.2, 0) is 14.3 Å². The third-order valence-corrected chi connectivity index (χ3v) is 3.37. The van der Waals surface area contributed by atoms with E-state index in [1.165, 1.54) is 0 Å². The highest BCUT2D eigenvalue weighted by Crippen LogP contribution is 2.48. The van der Waals surface area contributed by atoms with Crippen molar-refractivity contribution in [3.05, 3.63) is 0 Å². The average Bonchev–Trinajstić information content (AvgIpc) is 2.64. The molecule has 12 heavy (non-hydrogen) atoms. The maximum absolute atomic E-state index is 11.4. The van der Waals surface area contributed by atoms with Gasteiger partial charge in [-0.25, -0.2) is 0 Å². The molecule has 0 spiro atoms. The zero-order chi connectivity index (χ0) is 8.29. The van der Waals surface area contributed by atoms with Crippen LogP contribution in [0.3, 0.4) is 0 Å². The maximum atomic E-state index is 11.4. The van der Waals surface area contributed by atoms with Crippen LogP contribution in [0.15, 0.2) is 0 Å². The van der Waals surface area contributed by atoms with Crippen LogP contribution in [0.25, 0.3) is 0 Å². The molecule has 0 aromatic rings. The smallest absolute Gasteiger partial charge is 0.146 e. The number of carbonyl (C=O) groups is 2. The summed E-state index contributed by atoms with van der Waals surface area (Å²) in [4.78, 5) is 22.7. The standard InChI is InChI=1S/C9H10O3/c10-4-3-5(11)9-7-2-1-6(12-7)8(4)9/h6-9H,1-3H2/t6?,7?,8-,9+. The van der Waals surface area contributed by atoms with E-state index in [1.807, 2.05) is 0 Å². The molecule has 3 heteroatoms. The van der Waals surface area contributed by atoms with E-state index in [4.69, 9.17) is 4.74 Å². The van der Waals surface area contributed by atoms with Crippen LogP contribution in [0, 0.1) is 11.8 Å². The number of hydrogen-bond acceptors (Lipinski definition) is 3. The van der Waals surface area contributed by atoms with E-state index in [0.717, 1.165) is 12.8 Å². The Kier molecular flexibility index (Phi) is 1.11. The van der Waals surface area contributed by atoms with E-state index in [0.29, 0.717) is 0 Å². The molecule has 0 N–H and O–H groups in total. The van der Waals surface area contributed by atoms with Crippen LogP contribution in [0.2, 0.25) is 0 Å². The van der Waals surface area contributed by atoms with Gasteiger partial charge >= 0.3 is 0 Å². The van der Waals surface area contributed by atoms with Gasteiger partial charge in [0.25, 0.3) is 0 Å². The van der Waals surface area contributed by atoms with E-state index >= 15 is 0 Å². The van der Waals surface area contributed by atoms with E-state index in [1.54, 1.807) is 0 Å². The Morgan fingerprint density at radius 2 is 1.50 bits per heavy atom. The lowest BCUT2D eigenvalue weighted by Gasteiger charge is -2.17. The van der Waals surface area contributed by atoms with Gasteiger partial charge in [0.05, 0.1) is 30.5 Å². The molecule has 0 amide bonds. The molecule has 2 aliphatic heterocycles. The number of ether oxygens (including phenoxy) is 1. The lowest BCUT2D eigenvalue weighted by atomic mass is 9.81. The summed E-state index contributed by atoms with van der Waals surface area (Å²) >= 11 is 0. The van der Waals surface area contributed by atoms with E-state index < -0.39 is 0 Å². The number of carbonyl (C=O) groups excluding carboxylic acids is 2. The van der Waals surface area contributed by atoms with Crippen LogP contribution in [-0.4, -0.2) is 23.8 Å². The molecule has 1 aliphatic carbocycles.